The Labute approximate surface area is 296 Å². The molecule has 272 valence electrons. The average Bonchev–Trinajstić information content (AvgIpc) is 3.38. The van der Waals surface area contributed by atoms with Crippen LogP contribution in [0.15, 0.2) is 72.9 Å². The summed E-state index contributed by atoms with van der Waals surface area (Å²) in [6.07, 6.45) is -5.64. The van der Waals surface area contributed by atoms with Gasteiger partial charge in [-0.2, -0.15) is 18.2 Å². The standard InChI is InChI=1S/C36H44F3N7O4Si/c1-23(50-51(35(3,4)5,25-12-8-6-9-13-25)26-14-10-7-11-15-26)20-29-24(2)46(34(47)49-29)30-21-28(42-33(43-30)45-16-18-48-19-17-45)27-22-41-32(40)44-31(27)36(37,38)39/h6-15,21-24,29,34,47H,16-20H2,1-5H3,(H2,40,41,44)/t23-,24+,29-,34?/m1/s1. The zero-order valence-electron chi connectivity index (χ0n) is 29.3. The van der Waals surface area contributed by atoms with Crippen molar-refractivity contribution in [3.05, 3.63) is 78.6 Å². The lowest BCUT2D eigenvalue weighted by atomic mass is 10.1. The quantitative estimate of drug-likeness (QED) is 0.235. The highest BCUT2D eigenvalue weighted by molar-refractivity contribution is 6.99. The monoisotopic (exact) mass is 723 g/mol. The van der Waals surface area contributed by atoms with Crippen LogP contribution in [0.2, 0.25) is 5.04 Å². The molecule has 1 unspecified atom stereocenters. The number of nitrogen functional groups attached to an aromatic ring is 1. The molecule has 3 N–H and O–H groups in total. The number of anilines is 3. The molecule has 2 aromatic heterocycles. The number of ether oxygens (including phenoxy) is 2. The second-order valence-corrected chi connectivity index (χ2v) is 18.2. The van der Waals surface area contributed by atoms with Crippen molar-refractivity contribution in [1.29, 1.82) is 0 Å². The molecule has 2 aromatic carbocycles. The van der Waals surface area contributed by atoms with Crippen LogP contribution >= 0.6 is 0 Å². The fourth-order valence-electron chi connectivity index (χ4n) is 7.05. The van der Waals surface area contributed by atoms with Crippen molar-refractivity contribution in [1.82, 2.24) is 19.9 Å². The number of hydrogen-bond donors (Lipinski definition) is 2. The molecule has 15 heteroatoms. The van der Waals surface area contributed by atoms with E-state index in [4.69, 9.17) is 24.6 Å². The second-order valence-electron chi connectivity index (χ2n) is 14.0. The zero-order valence-corrected chi connectivity index (χ0v) is 30.3. The highest BCUT2D eigenvalue weighted by atomic mass is 28.4. The third-order valence-corrected chi connectivity index (χ3v) is 14.6. The van der Waals surface area contributed by atoms with E-state index >= 15 is 0 Å². The van der Waals surface area contributed by atoms with Crippen molar-refractivity contribution in [3.63, 3.8) is 0 Å². The summed E-state index contributed by atoms with van der Waals surface area (Å²) in [5, 5.41) is 13.4. The van der Waals surface area contributed by atoms with E-state index < -0.39 is 44.7 Å². The number of nitrogens with two attached hydrogens (primary N) is 1. The van der Waals surface area contributed by atoms with Crippen LogP contribution in [0.1, 0.15) is 46.7 Å². The summed E-state index contributed by atoms with van der Waals surface area (Å²) in [6.45, 7) is 12.2. The van der Waals surface area contributed by atoms with Gasteiger partial charge in [0, 0.05) is 43.4 Å². The summed E-state index contributed by atoms with van der Waals surface area (Å²) in [5.74, 6) is -0.139. The van der Waals surface area contributed by atoms with Gasteiger partial charge in [0.05, 0.1) is 31.1 Å². The number of aliphatic hydroxyl groups excluding tert-OH is 1. The molecule has 2 saturated heterocycles. The van der Waals surface area contributed by atoms with Gasteiger partial charge in [-0.15, -0.1) is 0 Å². The van der Waals surface area contributed by atoms with E-state index in [1.807, 2.05) is 55.1 Å². The van der Waals surface area contributed by atoms with Crippen LogP contribution in [0.25, 0.3) is 11.3 Å². The van der Waals surface area contributed by atoms with E-state index in [0.717, 1.165) is 16.6 Å². The predicted octanol–water partition coefficient (Wildman–Crippen LogP) is 4.60. The Morgan fingerprint density at radius 2 is 1.59 bits per heavy atom. The second kappa shape index (κ2) is 14.5. The Morgan fingerprint density at radius 1 is 0.980 bits per heavy atom. The summed E-state index contributed by atoms with van der Waals surface area (Å²) in [6, 6.07) is 21.6. The van der Waals surface area contributed by atoms with Crippen LogP contribution in [-0.4, -0.2) is 84.3 Å². The molecular weight excluding hydrogens is 680 g/mol. The van der Waals surface area contributed by atoms with Crippen LogP contribution in [0.5, 0.6) is 0 Å². The number of morpholine rings is 1. The van der Waals surface area contributed by atoms with Crippen molar-refractivity contribution < 1.29 is 32.2 Å². The predicted molar refractivity (Wildman–Crippen MR) is 191 cm³/mol. The first-order valence-corrected chi connectivity index (χ1v) is 18.9. The van der Waals surface area contributed by atoms with Crippen molar-refractivity contribution in [2.75, 3.05) is 41.8 Å². The summed E-state index contributed by atoms with van der Waals surface area (Å²) in [4.78, 5) is 20.0. The van der Waals surface area contributed by atoms with Crippen LogP contribution in [-0.2, 0) is 20.1 Å². The highest BCUT2D eigenvalue weighted by Crippen LogP contribution is 2.40. The van der Waals surface area contributed by atoms with E-state index in [0.29, 0.717) is 32.7 Å². The minimum Gasteiger partial charge on any atom is -0.405 e. The third-order valence-electron chi connectivity index (χ3n) is 9.48. The first-order valence-electron chi connectivity index (χ1n) is 17.0. The van der Waals surface area contributed by atoms with Gasteiger partial charge in [-0.25, -0.2) is 15.0 Å². The Bertz CT molecular complexity index is 1750. The minimum atomic E-state index is -4.83. The molecule has 0 spiro atoms. The summed E-state index contributed by atoms with van der Waals surface area (Å²) < 4.78 is 61.4. The molecule has 4 heterocycles. The van der Waals surface area contributed by atoms with Crippen LogP contribution in [0.3, 0.4) is 0 Å². The lowest BCUT2D eigenvalue weighted by Gasteiger charge is -2.45. The summed E-state index contributed by atoms with van der Waals surface area (Å²) in [7, 11) is -2.88. The zero-order chi connectivity index (χ0) is 36.6. The molecule has 0 aliphatic carbocycles. The molecule has 51 heavy (non-hydrogen) atoms. The van der Waals surface area contributed by atoms with Crippen LogP contribution in [0, 0.1) is 0 Å². The van der Waals surface area contributed by atoms with Gasteiger partial charge in [-0.1, -0.05) is 81.4 Å². The topological polar surface area (TPSA) is 132 Å². The Hall–Kier alpha value is -4.15. The smallest absolute Gasteiger partial charge is 0.405 e. The summed E-state index contributed by atoms with van der Waals surface area (Å²) >= 11 is 0. The molecular formula is C36H44F3N7O4Si. The van der Waals surface area contributed by atoms with Gasteiger partial charge >= 0.3 is 6.18 Å². The van der Waals surface area contributed by atoms with E-state index in [1.165, 1.54) is 6.07 Å². The van der Waals surface area contributed by atoms with Gasteiger partial charge in [0.25, 0.3) is 8.32 Å². The Kier molecular flexibility index (Phi) is 10.4. The maximum Gasteiger partial charge on any atom is 0.434 e. The normalized spacial score (nSPS) is 20.8. The van der Waals surface area contributed by atoms with Crippen molar-refractivity contribution in [3.8, 4) is 11.3 Å². The fraction of sp³-hybridized carbons (Fsp3) is 0.444. The number of rotatable bonds is 9. The molecule has 6 rings (SSSR count). The van der Waals surface area contributed by atoms with Gasteiger partial charge in [0.15, 0.2) is 5.69 Å². The number of aliphatic hydroxyl groups is 1. The summed E-state index contributed by atoms with van der Waals surface area (Å²) in [5.41, 5.74) is 3.91. The number of aromatic nitrogens is 4. The van der Waals surface area contributed by atoms with E-state index in [2.05, 4.69) is 60.0 Å². The number of alkyl halides is 3. The Balaban J connectivity index is 1.33. The van der Waals surface area contributed by atoms with Gasteiger partial charge < -0.3 is 34.5 Å². The lowest BCUT2D eigenvalue weighted by Crippen LogP contribution is -2.67. The van der Waals surface area contributed by atoms with Gasteiger partial charge in [0.1, 0.15) is 5.82 Å². The van der Waals surface area contributed by atoms with Crippen LogP contribution < -0.4 is 25.9 Å². The lowest BCUT2D eigenvalue weighted by molar-refractivity contribution is -0.140. The van der Waals surface area contributed by atoms with E-state index in [1.54, 1.807) is 4.90 Å². The first-order chi connectivity index (χ1) is 24.2. The number of halogens is 3. The first kappa shape index (κ1) is 36.6. The van der Waals surface area contributed by atoms with E-state index in [9.17, 15) is 18.3 Å². The molecule has 0 radical (unpaired) electrons. The minimum absolute atomic E-state index is 0.0694. The molecule has 0 saturated carbocycles. The fourth-order valence-corrected chi connectivity index (χ4v) is 11.8. The van der Waals surface area contributed by atoms with Gasteiger partial charge in [0.2, 0.25) is 18.3 Å². The average molecular weight is 724 g/mol. The van der Waals surface area contributed by atoms with E-state index in [-0.39, 0.29) is 34.2 Å². The molecule has 2 fully saturated rings. The molecule has 2 aliphatic rings. The largest absolute Gasteiger partial charge is 0.434 e. The molecule has 4 atom stereocenters. The van der Waals surface area contributed by atoms with Crippen molar-refractivity contribution in [2.45, 2.75) is 76.9 Å². The van der Waals surface area contributed by atoms with Crippen molar-refractivity contribution in [2.24, 2.45) is 0 Å². The molecule has 0 amide bonds. The SMILES string of the molecule is C[C@H](C[C@H]1OC(O)N(c2cc(-c3cnc(N)nc3C(F)(F)F)nc(N3CCOCC3)n2)[C@H]1C)O[Si](c1ccccc1)(c1ccccc1)C(C)(C)C. The molecule has 0 bridgehead atoms. The number of benzene rings is 2. The Morgan fingerprint density at radius 3 is 2.16 bits per heavy atom. The molecule has 4 aromatic rings. The molecule has 11 nitrogen and oxygen atoms in total. The highest BCUT2D eigenvalue weighted by Gasteiger charge is 2.52. The van der Waals surface area contributed by atoms with Gasteiger partial charge in [-0.05, 0) is 29.3 Å². The maximum absolute atomic E-state index is 14.2. The maximum atomic E-state index is 14.2. The van der Waals surface area contributed by atoms with Crippen molar-refractivity contribution >= 4 is 36.4 Å². The third kappa shape index (κ3) is 7.44. The number of nitrogens with zero attached hydrogens (tertiary/aromatic N) is 6. The van der Waals surface area contributed by atoms with Gasteiger partial charge in [-0.3, -0.25) is 0 Å². The van der Waals surface area contributed by atoms with Crippen LogP contribution in [0.4, 0.5) is 30.9 Å². The molecule has 2 aliphatic heterocycles. The number of hydrogen-bond acceptors (Lipinski definition) is 11.